The van der Waals surface area contributed by atoms with Crippen molar-refractivity contribution in [2.45, 2.75) is 32.4 Å². The number of halogens is 1. The Morgan fingerprint density at radius 2 is 1.92 bits per heavy atom. The fourth-order valence-corrected chi connectivity index (χ4v) is 2.83. The van der Waals surface area contributed by atoms with Crippen LogP contribution in [0.5, 0.6) is 5.75 Å². The molecule has 0 spiro atoms. The minimum Gasteiger partial charge on any atom is -0.489 e. The molecule has 0 aliphatic carbocycles. The van der Waals surface area contributed by atoms with Gasteiger partial charge in [0, 0.05) is 32.2 Å². The van der Waals surface area contributed by atoms with E-state index in [4.69, 9.17) is 9.47 Å². The van der Waals surface area contributed by atoms with Gasteiger partial charge in [0.05, 0.1) is 19.8 Å². The van der Waals surface area contributed by atoms with Crippen molar-refractivity contribution >= 4 is 5.96 Å². The number of aliphatic imine (C=N–C) groups is 1. The molecule has 1 atom stereocenters. The lowest BCUT2D eigenvalue weighted by molar-refractivity contribution is -0.00834. The quantitative estimate of drug-likeness (QED) is 0.570. The van der Waals surface area contributed by atoms with Gasteiger partial charge in [0.15, 0.2) is 5.96 Å². The number of nitrogens with one attached hydrogen (secondary N) is 2. The topological polar surface area (TPSA) is 58.1 Å². The lowest BCUT2D eigenvalue weighted by Gasteiger charge is -2.41. The van der Waals surface area contributed by atoms with E-state index in [-0.39, 0.29) is 17.5 Å². The number of morpholine rings is 1. The summed E-state index contributed by atoms with van der Waals surface area (Å²) in [6.45, 7) is 11.2. The molecule has 1 fully saturated rings. The smallest absolute Gasteiger partial charge is 0.191 e. The number of hydrogen-bond acceptors (Lipinski definition) is 4. The molecule has 2 rings (SSSR count). The molecule has 7 heteroatoms. The summed E-state index contributed by atoms with van der Waals surface area (Å²) >= 11 is 0. The molecule has 146 valence electrons. The van der Waals surface area contributed by atoms with Crippen LogP contribution in [-0.2, 0) is 4.74 Å². The Hall–Kier alpha value is -1.86. The van der Waals surface area contributed by atoms with E-state index in [1.807, 2.05) is 6.92 Å². The van der Waals surface area contributed by atoms with Gasteiger partial charge in [-0.05, 0) is 45.0 Å². The maximum atomic E-state index is 12.9. The molecule has 0 bridgehead atoms. The van der Waals surface area contributed by atoms with Crippen LogP contribution >= 0.6 is 0 Å². The van der Waals surface area contributed by atoms with Crippen molar-refractivity contribution in [2.75, 3.05) is 46.4 Å². The van der Waals surface area contributed by atoms with Crippen LogP contribution in [0.3, 0.4) is 0 Å². The summed E-state index contributed by atoms with van der Waals surface area (Å²) in [6, 6.07) is 6.04. The van der Waals surface area contributed by atoms with Gasteiger partial charge in [0.2, 0.25) is 0 Å². The van der Waals surface area contributed by atoms with Gasteiger partial charge < -0.3 is 20.1 Å². The maximum absolute atomic E-state index is 12.9. The van der Waals surface area contributed by atoms with E-state index in [1.54, 1.807) is 19.2 Å². The highest BCUT2D eigenvalue weighted by Gasteiger charge is 2.28. The van der Waals surface area contributed by atoms with Gasteiger partial charge in [-0.3, -0.25) is 9.89 Å². The fraction of sp³-hybridized carbons (Fsp3) is 0.632. The Bertz CT molecular complexity index is 571. The first-order chi connectivity index (χ1) is 12.4. The second-order valence-electron chi connectivity index (χ2n) is 7.10. The Morgan fingerprint density at radius 3 is 2.54 bits per heavy atom. The van der Waals surface area contributed by atoms with Gasteiger partial charge in [0.1, 0.15) is 17.7 Å². The summed E-state index contributed by atoms with van der Waals surface area (Å²) in [7, 11) is 1.75. The zero-order valence-corrected chi connectivity index (χ0v) is 16.2. The van der Waals surface area contributed by atoms with Gasteiger partial charge in [-0.25, -0.2) is 4.39 Å². The number of benzene rings is 1. The predicted molar refractivity (Wildman–Crippen MR) is 102 cm³/mol. The van der Waals surface area contributed by atoms with Crippen molar-refractivity contribution in [1.29, 1.82) is 0 Å². The minimum atomic E-state index is -0.268. The number of rotatable bonds is 7. The lowest BCUT2D eigenvalue weighted by Crippen LogP contribution is -2.56. The van der Waals surface area contributed by atoms with E-state index in [1.165, 1.54) is 12.1 Å². The highest BCUT2D eigenvalue weighted by Crippen LogP contribution is 2.15. The second-order valence-corrected chi connectivity index (χ2v) is 7.10. The summed E-state index contributed by atoms with van der Waals surface area (Å²) in [5.74, 6) is 1.12. The molecule has 2 N–H and O–H groups in total. The molecule has 1 aliphatic rings. The largest absolute Gasteiger partial charge is 0.489 e. The Morgan fingerprint density at radius 1 is 1.27 bits per heavy atom. The normalized spacial score (nSPS) is 17.7. The van der Waals surface area contributed by atoms with Crippen molar-refractivity contribution in [3.63, 3.8) is 0 Å². The Labute approximate surface area is 155 Å². The van der Waals surface area contributed by atoms with Crippen LogP contribution in [0.25, 0.3) is 0 Å². The van der Waals surface area contributed by atoms with Crippen molar-refractivity contribution in [1.82, 2.24) is 15.5 Å². The molecule has 1 unspecified atom stereocenters. The number of hydrogen-bond donors (Lipinski definition) is 2. The van der Waals surface area contributed by atoms with Crippen LogP contribution in [0.4, 0.5) is 4.39 Å². The van der Waals surface area contributed by atoms with Crippen LogP contribution in [-0.4, -0.2) is 68.9 Å². The highest BCUT2D eigenvalue weighted by atomic mass is 19.1. The van der Waals surface area contributed by atoms with Gasteiger partial charge in [-0.15, -0.1) is 0 Å². The first-order valence-corrected chi connectivity index (χ1v) is 9.10. The van der Waals surface area contributed by atoms with E-state index in [0.29, 0.717) is 12.3 Å². The van der Waals surface area contributed by atoms with Gasteiger partial charge in [-0.2, -0.15) is 0 Å². The third-order valence-electron chi connectivity index (χ3n) is 4.49. The van der Waals surface area contributed by atoms with E-state index in [9.17, 15) is 4.39 Å². The number of nitrogens with zero attached hydrogens (tertiary/aromatic N) is 2. The predicted octanol–water partition coefficient (Wildman–Crippen LogP) is 1.87. The van der Waals surface area contributed by atoms with E-state index in [2.05, 4.69) is 34.4 Å². The average molecular weight is 366 g/mol. The van der Waals surface area contributed by atoms with Crippen molar-refractivity contribution in [2.24, 2.45) is 4.99 Å². The molecule has 1 aromatic carbocycles. The third-order valence-corrected chi connectivity index (χ3v) is 4.49. The van der Waals surface area contributed by atoms with Gasteiger partial charge in [-0.1, -0.05) is 0 Å². The SMILES string of the molecule is CN=C(NCC(C)Oc1ccc(F)cc1)NCC(C)(C)N1CCOCC1. The molecule has 0 saturated carbocycles. The summed E-state index contributed by atoms with van der Waals surface area (Å²) in [4.78, 5) is 6.70. The second kappa shape index (κ2) is 9.73. The monoisotopic (exact) mass is 366 g/mol. The average Bonchev–Trinajstić information content (AvgIpc) is 2.64. The minimum absolute atomic E-state index is 0.0115. The standard InChI is InChI=1S/C19H31FN4O2/c1-15(26-17-7-5-16(20)6-8-17)13-22-18(21-4)23-14-19(2,3)24-9-11-25-12-10-24/h5-8,15H,9-14H2,1-4H3,(H2,21,22,23). The molecule has 26 heavy (non-hydrogen) atoms. The summed E-state index contributed by atoms with van der Waals surface area (Å²) < 4.78 is 24.1. The van der Waals surface area contributed by atoms with E-state index >= 15 is 0 Å². The summed E-state index contributed by atoms with van der Waals surface area (Å²) in [6.07, 6.45) is -0.0775. The van der Waals surface area contributed by atoms with Crippen LogP contribution in [0, 0.1) is 5.82 Å². The van der Waals surface area contributed by atoms with Crippen LogP contribution in [0.2, 0.25) is 0 Å². The molecule has 1 saturated heterocycles. The third kappa shape index (κ3) is 6.46. The highest BCUT2D eigenvalue weighted by molar-refractivity contribution is 5.79. The van der Waals surface area contributed by atoms with Gasteiger partial charge >= 0.3 is 0 Å². The summed E-state index contributed by atoms with van der Waals surface area (Å²) in [5.41, 5.74) is 0.0115. The zero-order chi connectivity index (χ0) is 19.0. The van der Waals surface area contributed by atoms with Crippen LogP contribution in [0.15, 0.2) is 29.3 Å². The maximum Gasteiger partial charge on any atom is 0.191 e. The first-order valence-electron chi connectivity index (χ1n) is 9.10. The fourth-order valence-electron chi connectivity index (χ4n) is 2.83. The lowest BCUT2D eigenvalue weighted by atomic mass is 10.0. The molecule has 1 heterocycles. The van der Waals surface area contributed by atoms with Gasteiger partial charge in [0.25, 0.3) is 0 Å². The number of ether oxygens (including phenoxy) is 2. The van der Waals surface area contributed by atoms with E-state index < -0.39 is 0 Å². The van der Waals surface area contributed by atoms with Crippen molar-refractivity contribution in [3.05, 3.63) is 30.1 Å². The molecule has 0 aromatic heterocycles. The zero-order valence-electron chi connectivity index (χ0n) is 16.2. The van der Waals surface area contributed by atoms with Crippen LogP contribution in [0.1, 0.15) is 20.8 Å². The molecular weight excluding hydrogens is 335 g/mol. The molecule has 0 radical (unpaired) electrons. The molecular formula is C19H31FN4O2. The van der Waals surface area contributed by atoms with E-state index in [0.717, 1.165) is 38.8 Å². The molecule has 6 nitrogen and oxygen atoms in total. The Kier molecular flexibility index (Phi) is 7.66. The van der Waals surface area contributed by atoms with Crippen LogP contribution < -0.4 is 15.4 Å². The van der Waals surface area contributed by atoms with Crippen molar-refractivity contribution < 1.29 is 13.9 Å². The molecule has 0 amide bonds. The number of guanidine groups is 1. The molecule has 1 aromatic rings. The van der Waals surface area contributed by atoms with Crippen molar-refractivity contribution in [3.8, 4) is 5.75 Å². The molecule has 1 aliphatic heterocycles. The first kappa shape index (κ1) is 20.5. The Balaban J connectivity index is 1.75. The summed E-state index contributed by atoms with van der Waals surface area (Å²) in [5, 5.41) is 6.66.